The average molecular weight is 473 g/mol. The highest BCUT2D eigenvalue weighted by molar-refractivity contribution is 6.18. The van der Waals surface area contributed by atoms with Crippen molar-refractivity contribution in [1.82, 2.24) is 0 Å². The van der Waals surface area contributed by atoms with E-state index in [0.717, 1.165) is 12.1 Å². The lowest BCUT2D eigenvalue weighted by Gasteiger charge is -2.16. The molecule has 0 saturated carbocycles. The van der Waals surface area contributed by atoms with Crippen LogP contribution in [0.5, 0.6) is 0 Å². The van der Waals surface area contributed by atoms with Gasteiger partial charge in [0.2, 0.25) is 5.91 Å². The van der Waals surface area contributed by atoms with E-state index in [2.05, 4.69) is 5.32 Å². The third-order valence-corrected chi connectivity index (χ3v) is 5.84. The van der Waals surface area contributed by atoms with Gasteiger partial charge >= 0.3 is 0 Å². The number of nitrogens with zero attached hydrogens (tertiary/aromatic N) is 3. The lowest BCUT2D eigenvalue weighted by molar-refractivity contribution is -0.384. The Bertz CT molecular complexity index is 1320. The van der Waals surface area contributed by atoms with Crippen LogP contribution in [0.25, 0.3) is 0 Å². The van der Waals surface area contributed by atoms with Gasteiger partial charge in [-0.1, -0.05) is 18.2 Å². The number of rotatable bonds is 7. The molecular formula is C26H24N4O5. The highest BCUT2D eigenvalue weighted by atomic mass is 16.6. The molecule has 1 fully saturated rings. The molecule has 1 aliphatic heterocycles. The van der Waals surface area contributed by atoms with Gasteiger partial charge in [-0.05, 0) is 48.9 Å². The zero-order chi connectivity index (χ0) is 25.1. The molecule has 35 heavy (non-hydrogen) atoms. The number of ketones is 1. The van der Waals surface area contributed by atoms with Crippen molar-refractivity contribution < 1.29 is 19.3 Å². The number of amides is 2. The summed E-state index contributed by atoms with van der Waals surface area (Å²) in [6, 6.07) is 17.5. The van der Waals surface area contributed by atoms with Crippen LogP contribution >= 0.6 is 0 Å². The number of nitro groups is 1. The fourth-order valence-corrected chi connectivity index (χ4v) is 4.07. The molecule has 178 valence electrons. The first-order valence-corrected chi connectivity index (χ1v) is 11.1. The maximum absolute atomic E-state index is 13.2. The molecule has 2 amide bonds. The van der Waals surface area contributed by atoms with Gasteiger partial charge in [-0.3, -0.25) is 24.5 Å². The number of benzene rings is 3. The molecule has 0 bridgehead atoms. The van der Waals surface area contributed by atoms with Gasteiger partial charge < -0.3 is 15.1 Å². The van der Waals surface area contributed by atoms with E-state index in [4.69, 9.17) is 0 Å². The van der Waals surface area contributed by atoms with Crippen molar-refractivity contribution in [3.8, 4) is 0 Å². The second-order valence-corrected chi connectivity index (χ2v) is 8.38. The Balaban J connectivity index is 1.58. The van der Waals surface area contributed by atoms with Crippen LogP contribution in [0.15, 0.2) is 66.7 Å². The Morgan fingerprint density at radius 1 is 1.00 bits per heavy atom. The molecule has 0 aromatic heterocycles. The van der Waals surface area contributed by atoms with Gasteiger partial charge in [-0.25, -0.2) is 0 Å². The van der Waals surface area contributed by atoms with E-state index in [0.29, 0.717) is 24.3 Å². The van der Waals surface area contributed by atoms with Crippen molar-refractivity contribution in [3.63, 3.8) is 0 Å². The van der Waals surface area contributed by atoms with Crippen LogP contribution in [0.4, 0.5) is 22.7 Å². The van der Waals surface area contributed by atoms with Crippen LogP contribution in [-0.4, -0.2) is 43.2 Å². The first-order chi connectivity index (χ1) is 16.8. The predicted octanol–water partition coefficient (Wildman–Crippen LogP) is 4.27. The Morgan fingerprint density at radius 2 is 1.69 bits per heavy atom. The van der Waals surface area contributed by atoms with Crippen LogP contribution in [0, 0.1) is 10.1 Å². The largest absolute Gasteiger partial charge is 0.372 e. The summed E-state index contributed by atoms with van der Waals surface area (Å²) in [7, 11) is 3.36. The number of carbonyl (C=O) groups is 3. The molecule has 9 heteroatoms. The summed E-state index contributed by atoms with van der Waals surface area (Å²) in [5, 5.41) is 14.3. The lowest BCUT2D eigenvalue weighted by atomic mass is 9.97. The van der Waals surface area contributed by atoms with Crippen LogP contribution in [0.2, 0.25) is 0 Å². The predicted molar refractivity (Wildman–Crippen MR) is 133 cm³/mol. The summed E-state index contributed by atoms with van der Waals surface area (Å²) in [5.74, 6) is -0.904. The van der Waals surface area contributed by atoms with E-state index in [-0.39, 0.29) is 28.3 Å². The Hall–Kier alpha value is -4.53. The molecular weight excluding hydrogens is 448 g/mol. The molecule has 1 N–H and O–H groups in total. The highest BCUT2D eigenvalue weighted by Crippen LogP contribution is 2.29. The smallest absolute Gasteiger partial charge is 0.293 e. The monoisotopic (exact) mass is 472 g/mol. The fraction of sp³-hybridized carbons (Fsp3) is 0.192. The van der Waals surface area contributed by atoms with Gasteiger partial charge in [0.1, 0.15) is 5.69 Å². The third-order valence-electron chi connectivity index (χ3n) is 5.84. The molecule has 0 radical (unpaired) electrons. The van der Waals surface area contributed by atoms with Crippen molar-refractivity contribution in [1.29, 1.82) is 0 Å². The molecule has 0 unspecified atom stereocenters. The molecule has 3 aromatic carbocycles. The zero-order valence-electron chi connectivity index (χ0n) is 19.4. The highest BCUT2D eigenvalue weighted by Gasteiger charge is 2.24. The Kier molecular flexibility index (Phi) is 6.59. The number of nitro benzene ring substituents is 1. The fourth-order valence-electron chi connectivity index (χ4n) is 4.07. The zero-order valence-corrected chi connectivity index (χ0v) is 19.4. The number of hydrogen-bond acceptors (Lipinski definition) is 6. The molecule has 0 spiro atoms. The van der Waals surface area contributed by atoms with Gasteiger partial charge in [-0.2, -0.15) is 0 Å². The van der Waals surface area contributed by atoms with E-state index < -0.39 is 16.6 Å². The summed E-state index contributed by atoms with van der Waals surface area (Å²) in [6.45, 7) is 0.674. The first-order valence-electron chi connectivity index (χ1n) is 11.1. The number of hydrogen-bond donors (Lipinski definition) is 1. The van der Waals surface area contributed by atoms with E-state index in [1.165, 1.54) is 30.3 Å². The van der Waals surface area contributed by atoms with Gasteiger partial charge in [0, 0.05) is 55.6 Å². The summed E-state index contributed by atoms with van der Waals surface area (Å²) < 4.78 is 0. The van der Waals surface area contributed by atoms with Crippen LogP contribution in [0.1, 0.15) is 39.1 Å². The van der Waals surface area contributed by atoms with E-state index in [9.17, 15) is 24.5 Å². The maximum atomic E-state index is 13.2. The van der Waals surface area contributed by atoms with E-state index in [1.807, 2.05) is 0 Å². The second kappa shape index (κ2) is 9.76. The topological polar surface area (TPSA) is 113 Å². The average Bonchev–Trinajstić information content (AvgIpc) is 3.29. The molecule has 4 rings (SSSR count). The number of nitrogens with one attached hydrogen (secondary N) is 1. The van der Waals surface area contributed by atoms with Crippen LogP contribution in [-0.2, 0) is 4.79 Å². The van der Waals surface area contributed by atoms with Crippen LogP contribution in [0.3, 0.4) is 0 Å². The van der Waals surface area contributed by atoms with E-state index in [1.54, 1.807) is 60.3 Å². The molecule has 0 aliphatic carbocycles. The van der Waals surface area contributed by atoms with Crippen molar-refractivity contribution in [2.24, 2.45) is 0 Å². The molecule has 0 atom stereocenters. The standard InChI is InChI=1S/C26H24N4O5/c1-28(2)22-14-9-17(16-23(22)30(34)35)25(32)20-6-3-4-7-21(20)26(33)27-18-10-12-19(13-11-18)29-15-5-8-24(29)31/h3-4,6-7,9-14,16H,5,8,15H2,1-2H3,(H,27,33). The molecule has 1 saturated heterocycles. The molecule has 1 aliphatic rings. The number of carbonyl (C=O) groups excluding carboxylic acids is 3. The minimum atomic E-state index is -0.538. The minimum absolute atomic E-state index is 0.0769. The summed E-state index contributed by atoms with van der Waals surface area (Å²) in [4.78, 5) is 52.5. The normalized spacial score (nSPS) is 13.0. The summed E-state index contributed by atoms with van der Waals surface area (Å²) >= 11 is 0. The summed E-state index contributed by atoms with van der Waals surface area (Å²) in [6.07, 6.45) is 1.35. The third kappa shape index (κ3) is 4.89. The van der Waals surface area contributed by atoms with Gasteiger partial charge in [0.05, 0.1) is 10.5 Å². The lowest BCUT2D eigenvalue weighted by Crippen LogP contribution is -2.23. The number of anilines is 3. The van der Waals surface area contributed by atoms with Gasteiger partial charge in [0.25, 0.3) is 11.6 Å². The van der Waals surface area contributed by atoms with Gasteiger partial charge in [-0.15, -0.1) is 0 Å². The SMILES string of the molecule is CN(C)c1ccc(C(=O)c2ccccc2C(=O)Nc2ccc(N3CCCC3=O)cc2)cc1[N+](=O)[O-]. The van der Waals surface area contributed by atoms with Crippen molar-refractivity contribution in [2.45, 2.75) is 12.8 Å². The van der Waals surface area contributed by atoms with Crippen LogP contribution < -0.4 is 15.1 Å². The summed E-state index contributed by atoms with van der Waals surface area (Å²) in [5.41, 5.74) is 1.85. The van der Waals surface area contributed by atoms with E-state index >= 15 is 0 Å². The van der Waals surface area contributed by atoms with Crippen molar-refractivity contribution in [2.75, 3.05) is 35.8 Å². The molecule has 3 aromatic rings. The second-order valence-electron chi connectivity index (χ2n) is 8.38. The Labute approximate surface area is 202 Å². The van der Waals surface area contributed by atoms with Crippen molar-refractivity contribution >= 4 is 40.3 Å². The molecule has 9 nitrogen and oxygen atoms in total. The molecule has 1 heterocycles. The minimum Gasteiger partial charge on any atom is -0.372 e. The maximum Gasteiger partial charge on any atom is 0.293 e. The van der Waals surface area contributed by atoms with Gasteiger partial charge in [0.15, 0.2) is 5.78 Å². The quantitative estimate of drug-likeness (QED) is 0.312. The Morgan fingerprint density at radius 3 is 2.29 bits per heavy atom. The van der Waals surface area contributed by atoms with Crippen molar-refractivity contribution in [3.05, 3.63) is 93.5 Å². The first kappa shape index (κ1) is 23.6.